The molecule has 2 aromatic rings. The molecule has 0 aliphatic carbocycles. The molecule has 7 nitrogen and oxygen atoms in total. The van der Waals surface area contributed by atoms with Crippen molar-refractivity contribution in [2.75, 3.05) is 25.6 Å². The highest BCUT2D eigenvalue weighted by atomic mass is 19.1. The van der Waals surface area contributed by atoms with Crippen LogP contribution in [0, 0.1) is 5.82 Å². The summed E-state index contributed by atoms with van der Waals surface area (Å²) in [6.45, 7) is 0.624. The molecule has 1 aromatic carbocycles. The molecule has 0 radical (unpaired) electrons. The highest BCUT2D eigenvalue weighted by Gasteiger charge is 2.16. The van der Waals surface area contributed by atoms with Crippen molar-refractivity contribution in [2.24, 2.45) is 0 Å². The van der Waals surface area contributed by atoms with Gasteiger partial charge in [-0.2, -0.15) is 0 Å². The number of hydrogen-bond acceptors (Lipinski definition) is 3. The summed E-state index contributed by atoms with van der Waals surface area (Å²) in [5.41, 5.74) is 0.452. The van der Waals surface area contributed by atoms with E-state index in [-0.39, 0.29) is 17.8 Å². The van der Waals surface area contributed by atoms with Gasteiger partial charge >= 0.3 is 12.0 Å². The topological polar surface area (TPSA) is 92.6 Å². The molecular formula is C15H16FN3O4. The van der Waals surface area contributed by atoms with Crippen LogP contribution in [0.2, 0.25) is 0 Å². The molecule has 0 spiro atoms. The van der Waals surface area contributed by atoms with E-state index in [4.69, 9.17) is 4.74 Å². The number of nitrogens with zero attached hydrogens (tertiary/aromatic N) is 1. The van der Waals surface area contributed by atoms with Crippen LogP contribution >= 0.6 is 0 Å². The molecular weight excluding hydrogens is 305 g/mol. The number of aromatic carboxylic acids is 1. The maximum absolute atomic E-state index is 13.3. The van der Waals surface area contributed by atoms with E-state index in [0.29, 0.717) is 12.3 Å². The molecule has 8 heteroatoms. The monoisotopic (exact) mass is 321 g/mol. The average Bonchev–Trinajstić information content (AvgIpc) is 2.91. The number of amides is 2. The number of rotatable bonds is 6. The number of hydrogen-bond donors (Lipinski definition) is 3. The summed E-state index contributed by atoms with van der Waals surface area (Å²) in [5.74, 6) is -1.65. The lowest BCUT2D eigenvalue weighted by molar-refractivity contribution is 0.0698. The predicted molar refractivity (Wildman–Crippen MR) is 81.6 cm³/mol. The third-order valence-electron chi connectivity index (χ3n) is 3.00. The van der Waals surface area contributed by atoms with E-state index in [2.05, 4.69) is 10.6 Å². The molecule has 2 rings (SSSR count). The Balaban J connectivity index is 2.22. The van der Waals surface area contributed by atoms with Gasteiger partial charge in [-0.05, 0) is 18.2 Å². The Kier molecular flexibility index (Phi) is 5.32. The van der Waals surface area contributed by atoms with E-state index in [0.717, 1.165) is 0 Å². The van der Waals surface area contributed by atoms with E-state index >= 15 is 0 Å². The van der Waals surface area contributed by atoms with E-state index in [1.807, 2.05) is 0 Å². The lowest BCUT2D eigenvalue weighted by atomic mass is 10.3. The zero-order valence-corrected chi connectivity index (χ0v) is 12.4. The summed E-state index contributed by atoms with van der Waals surface area (Å²) >= 11 is 0. The number of aromatic nitrogens is 1. The maximum atomic E-state index is 13.3. The summed E-state index contributed by atoms with van der Waals surface area (Å²) in [5, 5.41) is 14.2. The second-order valence-electron chi connectivity index (χ2n) is 4.65. The molecule has 122 valence electrons. The minimum absolute atomic E-state index is 0.101. The second-order valence-corrected chi connectivity index (χ2v) is 4.65. The summed E-state index contributed by atoms with van der Waals surface area (Å²) < 4.78 is 19.5. The smallest absolute Gasteiger partial charge is 0.339 e. The van der Waals surface area contributed by atoms with Crippen LogP contribution < -0.4 is 10.6 Å². The number of carbonyl (C=O) groups is 2. The first-order valence-electron chi connectivity index (χ1n) is 6.76. The molecule has 1 heterocycles. The maximum Gasteiger partial charge on any atom is 0.339 e. The van der Waals surface area contributed by atoms with E-state index in [1.54, 1.807) is 6.07 Å². The number of carbonyl (C=O) groups excluding carboxylic acids is 1. The Morgan fingerprint density at radius 3 is 2.78 bits per heavy atom. The van der Waals surface area contributed by atoms with Crippen molar-refractivity contribution < 1.29 is 23.8 Å². The quantitative estimate of drug-likeness (QED) is 0.710. The Labute approximate surface area is 131 Å². The molecule has 0 fully saturated rings. The van der Waals surface area contributed by atoms with E-state index in [9.17, 15) is 19.1 Å². The molecule has 3 N–H and O–H groups in total. The average molecular weight is 321 g/mol. The molecule has 0 saturated carbocycles. The molecule has 0 bridgehead atoms. The van der Waals surface area contributed by atoms with Gasteiger partial charge in [-0.1, -0.05) is 6.07 Å². The molecule has 0 unspecified atom stereocenters. The number of ether oxygens (including phenoxy) is 1. The molecule has 0 aliphatic heterocycles. The minimum Gasteiger partial charge on any atom is -0.478 e. The van der Waals surface area contributed by atoms with Crippen LogP contribution in [-0.4, -0.2) is 41.9 Å². The molecule has 0 saturated heterocycles. The number of halogens is 1. The van der Waals surface area contributed by atoms with Gasteiger partial charge in [0.05, 0.1) is 12.3 Å². The second kappa shape index (κ2) is 7.41. The highest BCUT2D eigenvalue weighted by molar-refractivity contribution is 6.00. The van der Waals surface area contributed by atoms with Crippen molar-refractivity contribution >= 4 is 17.7 Å². The van der Waals surface area contributed by atoms with Gasteiger partial charge in [-0.25, -0.2) is 14.0 Å². The first-order valence-corrected chi connectivity index (χ1v) is 6.76. The van der Waals surface area contributed by atoms with Crippen LogP contribution in [0.25, 0.3) is 5.69 Å². The number of benzene rings is 1. The standard InChI is InChI=1S/C15H16FN3O4/c1-23-6-5-17-15(22)18-13-9-19(8-12(13)14(20)21)11-4-2-3-10(16)7-11/h2-4,7-9H,5-6H2,1H3,(H,20,21)(H2,17,18,22). The SMILES string of the molecule is COCCNC(=O)Nc1cn(-c2cccc(F)c2)cc1C(=O)O. The number of anilines is 1. The van der Waals surface area contributed by atoms with Crippen molar-refractivity contribution in [3.63, 3.8) is 0 Å². The molecule has 0 atom stereocenters. The van der Waals surface area contributed by atoms with Crippen molar-refractivity contribution in [2.45, 2.75) is 0 Å². The number of nitrogens with one attached hydrogen (secondary N) is 2. The fourth-order valence-corrected chi connectivity index (χ4v) is 1.94. The summed E-state index contributed by atoms with van der Waals surface area (Å²) in [7, 11) is 1.50. The van der Waals surface area contributed by atoms with Crippen molar-refractivity contribution in [1.29, 1.82) is 0 Å². The van der Waals surface area contributed by atoms with Crippen LogP contribution in [0.1, 0.15) is 10.4 Å². The van der Waals surface area contributed by atoms with Crippen LogP contribution in [-0.2, 0) is 4.74 Å². The van der Waals surface area contributed by atoms with Gasteiger partial charge in [0.2, 0.25) is 0 Å². The summed E-state index contributed by atoms with van der Waals surface area (Å²) in [6, 6.07) is 5.12. The summed E-state index contributed by atoms with van der Waals surface area (Å²) in [4.78, 5) is 23.0. The zero-order valence-electron chi connectivity index (χ0n) is 12.4. The van der Waals surface area contributed by atoms with E-state index in [1.165, 1.54) is 42.3 Å². The fourth-order valence-electron chi connectivity index (χ4n) is 1.94. The van der Waals surface area contributed by atoms with Gasteiger partial charge in [0, 0.05) is 31.7 Å². The van der Waals surface area contributed by atoms with Gasteiger partial charge in [-0.3, -0.25) is 0 Å². The first-order chi connectivity index (χ1) is 11.0. The van der Waals surface area contributed by atoms with Gasteiger partial charge in [0.15, 0.2) is 0 Å². The highest BCUT2D eigenvalue weighted by Crippen LogP contribution is 2.21. The van der Waals surface area contributed by atoms with Gasteiger partial charge in [0.1, 0.15) is 11.4 Å². The summed E-state index contributed by atoms with van der Waals surface area (Å²) in [6.07, 6.45) is 2.72. The largest absolute Gasteiger partial charge is 0.478 e. The lowest BCUT2D eigenvalue weighted by Crippen LogP contribution is -2.31. The van der Waals surface area contributed by atoms with Crippen LogP contribution in [0.5, 0.6) is 0 Å². The minimum atomic E-state index is -1.20. The molecule has 0 aliphatic rings. The lowest BCUT2D eigenvalue weighted by Gasteiger charge is -2.06. The number of methoxy groups -OCH3 is 1. The number of urea groups is 1. The third-order valence-corrected chi connectivity index (χ3v) is 3.00. The fraction of sp³-hybridized carbons (Fsp3) is 0.200. The third kappa shape index (κ3) is 4.30. The van der Waals surface area contributed by atoms with Gasteiger partial charge in [0.25, 0.3) is 0 Å². The van der Waals surface area contributed by atoms with Crippen LogP contribution in [0.4, 0.5) is 14.9 Å². The molecule has 23 heavy (non-hydrogen) atoms. The first kappa shape index (κ1) is 16.5. The van der Waals surface area contributed by atoms with Crippen molar-refractivity contribution in [3.05, 3.63) is 48.0 Å². The Morgan fingerprint density at radius 1 is 1.35 bits per heavy atom. The van der Waals surface area contributed by atoms with Crippen LogP contribution in [0.15, 0.2) is 36.7 Å². The van der Waals surface area contributed by atoms with Gasteiger partial charge < -0.3 is 25.0 Å². The van der Waals surface area contributed by atoms with Gasteiger partial charge in [-0.15, -0.1) is 0 Å². The van der Waals surface area contributed by atoms with Crippen LogP contribution in [0.3, 0.4) is 0 Å². The molecule has 1 aromatic heterocycles. The zero-order chi connectivity index (χ0) is 16.8. The number of carboxylic acids is 1. The van der Waals surface area contributed by atoms with Crippen molar-refractivity contribution in [3.8, 4) is 5.69 Å². The Bertz CT molecular complexity index is 714. The predicted octanol–water partition coefficient (Wildman–Crippen LogP) is 2.08. The Hall–Kier alpha value is -2.87. The van der Waals surface area contributed by atoms with Crippen molar-refractivity contribution in [1.82, 2.24) is 9.88 Å². The number of carboxylic acid groups (broad SMARTS) is 1. The molecule has 2 amide bonds. The van der Waals surface area contributed by atoms with E-state index < -0.39 is 17.8 Å². The normalized spacial score (nSPS) is 10.3. The Morgan fingerprint density at radius 2 is 2.13 bits per heavy atom.